The summed E-state index contributed by atoms with van der Waals surface area (Å²) >= 11 is 3.81. The van der Waals surface area contributed by atoms with Crippen molar-refractivity contribution >= 4 is 12.6 Å². The van der Waals surface area contributed by atoms with Crippen molar-refractivity contribution < 1.29 is 50.3 Å². The predicted octanol–water partition coefficient (Wildman–Crippen LogP) is -4.87. The molecule has 2 rings (SSSR count). The van der Waals surface area contributed by atoms with E-state index in [0.29, 0.717) is 0 Å². The molecule has 2 heterocycles. The van der Waals surface area contributed by atoms with Crippen LogP contribution in [0.3, 0.4) is 0 Å². The number of aliphatic hydroxyl groups excluding tert-OH is 8. The molecule has 9 atom stereocenters. The molecular formula is C11H22O10S. The molecule has 2 aliphatic heterocycles. The van der Waals surface area contributed by atoms with Crippen molar-refractivity contribution in [2.75, 3.05) is 13.2 Å². The average Bonchev–Trinajstić information content (AvgIpc) is 2.51. The highest BCUT2D eigenvalue weighted by Gasteiger charge is 2.41. The Bertz CT molecular complexity index is 315. The second kappa shape index (κ2) is 8.70. The first kappa shape index (κ1) is 20.0. The summed E-state index contributed by atoms with van der Waals surface area (Å²) in [5, 5.41) is 71.4. The van der Waals surface area contributed by atoms with E-state index in [2.05, 4.69) is 17.4 Å². The number of hydrogen-bond acceptors (Lipinski definition) is 11. The van der Waals surface area contributed by atoms with Gasteiger partial charge in [-0.25, -0.2) is 0 Å². The zero-order valence-electron chi connectivity index (χ0n) is 11.5. The standard InChI is InChI=1S/C6H12O5S.C5H10O5/c7-1-2-3(8)4(9)5(10)6(12)11-2;6-2-1-10-5(9)4(8)3(2)7/h2-10,12H,1H2;2-9H,1H2/t2-,3-,4+,5-,6?;2-,3-,4+,5?/m11/s1. The molecule has 11 heteroatoms. The Hall–Kier alpha value is -0.0500. The van der Waals surface area contributed by atoms with Gasteiger partial charge in [0.2, 0.25) is 0 Å². The molecule has 0 aromatic carbocycles. The summed E-state index contributed by atoms with van der Waals surface area (Å²) in [6, 6.07) is 0. The second-order valence-corrected chi connectivity index (χ2v) is 5.50. The molecule has 22 heavy (non-hydrogen) atoms. The summed E-state index contributed by atoms with van der Waals surface area (Å²) in [6.07, 6.45) is -9.94. The van der Waals surface area contributed by atoms with E-state index in [1.165, 1.54) is 0 Å². The third kappa shape index (κ3) is 4.72. The summed E-state index contributed by atoms with van der Waals surface area (Å²) in [6.45, 7) is -0.568. The molecule has 2 fully saturated rings. The summed E-state index contributed by atoms with van der Waals surface area (Å²) < 4.78 is 9.35. The molecule has 0 bridgehead atoms. The SMILES string of the molecule is OC1OC[C@@H](O)[C@@H](O)[C@@H]1O.OC[C@H]1OC(S)[C@H](O)[C@@H](O)[C@@H]1O. The Labute approximate surface area is 131 Å². The summed E-state index contributed by atoms with van der Waals surface area (Å²) in [5.41, 5.74) is -0.874. The van der Waals surface area contributed by atoms with Crippen molar-refractivity contribution in [1.82, 2.24) is 0 Å². The van der Waals surface area contributed by atoms with Crippen LogP contribution >= 0.6 is 12.6 Å². The predicted molar refractivity (Wildman–Crippen MR) is 72.7 cm³/mol. The molecule has 10 nitrogen and oxygen atoms in total. The molecule has 0 aromatic heterocycles. The van der Waals surface area contributed by atoms with Crippen LogP contribution in [0.4, 0.5) is 0 Å². The average molecular weight is 346 g/mol. The highest BCUT2D eigenvalue weighted by Crippen LogP contribution is 2.22. The Morgan fingerprint density at radius 3 is 1.91 bits per heavy atom. The van der Waals surface area contributed by atoms with Crippen LogP contribution in [0.1, 0.15) is 0 Å². The van der Waals surface area contributed by atoms with Gasteiger partial charge in [-0.3, -0.25) is 0 Å². The number of ether oxygens (including phenoxy) is 2. The van der Waals surface area contributed by atoms with Crippen LogP contribution in [-0.4, -0.2) is 109 Å². The van der Waals surface area contributed by atoms with Gasteiger partial charge in [0, 0.05) is 0 Å². The zero-order chi connectivity index (χ0) is 17.0. The molecule has 0 saturated carbocycles. The minimum atomic E-state index is -1.41. The van der Waals surface area contributed by atoms with E-state index in [0.717, 1.165) is 0 Å². The lowest BCUT2D eigenvalue weighted by Gasteiger charge is -2.37. The molecule has 8 N–H and O–H groups in total. The van der Waals surface area contributed by atoms with Crippen LogP contribution in [0.25, 0.3) is 0 Å². The van der Waals surface area contributed by atoms with Gasteiger partial charge in [-0.2, -0.15) is 0 Å². The normalized spacial score (nSPS) is 49.2. The first-order valence-electron chi connectivity index (χ1n) is 6.53. The third-order valence-electron chi connectivity index (χ3n) is 3.34. The molecule has 0 spiro atoms. The molecular weight excluding hydrogens is 324 g/mol. The fourth-order valence-electron chi connectivity index (χ4n) is 1.87. The highest BCUT2D eigenvalue weighted by atomic mass is 32.1. The van der Waals surface area contributed by atoms with Gasteiger partial charge in [0.25, 0.3) is 0 Å². The lowest BCUT2D eigenvalue weighted by atomic mass is 10.0. The molecule has 0 amide bonds. The quantitative estimate of drug-likeness (QED) is 0.209. The number of hydrogen-bond donors (Lipinski definition) is 9. The maximum Gasteiger partial charge on any atom is 0.183 e. The van der Waals surface area contributed by atoms with Gasteiger partial charge in [0.15, 0.2) is 6.29 Å². The fraction of sp³-hybridized carbons (Fsp3) is 1.00. The maximum atomic E-state index is 9.20. The van der Waals surface area contributed by atoms with Gasteiger partial charge in [0.05, 0.1) is 13.2 Å². The van der Waals surface area contributed by atoms with Crippen molar-refractivity contribution in [2.24, 2.45) is 0 Å². The topological polar surface area (TPSA) is 180 Å². The van der Waals surface area contributed by atoms with Crippen LogP contribution < -0.4 is 0 Å². The molecule has 2 aliphatic rings. The minimum absolute atomic E-state index is 0.153. The number of rotatable bonds is 1. The van der Waals surface area contributed by atoms with Crippen LogP contribution in [-0.2, 0) is 9.47 Å². The number of thiol groups is 1. The van der Waals surface area contributed by atoms with Crippen molar-refractivity contribution in [3.63, 3.8) is 0 Å². The lowest BCUT2D eigenvalue weighted by Crippen LogP contribution is -2.56. The molecule has 2 unspecified atom stereocenters. The smallest absolute Gasteiger partial charge is 0.183 e. The Morgan fingerprint density at radius 2 is 1.41 bits per heavy atom. The highest BCUT2D eigenvalue weighted by molar-refractivity contribution is 7.80. The molecule has 0 radical (unpaired) electrons. The van der Waals surface area contributed by atoms with E-state index in [1.54, 1.807) is 0 Å². The van der Waals surface area contributed by atoms with Gasteiger partial charge in [-0.1, -0.05) is 0 Å². The van der Waals surface area contributed by atoms with Crippen LogP contribution in [0.15, 0.2) is 0 Å². The first-order chi connectivity index (χ1) is 10.2. The molecule has 132 valence electrons. The van der Waals surface area contributed by atoms with E-state index in [4.69, 9.17) is 35.4 Å². The van der Waals surface area contributed by atoms with E-state index in [-0.39, 0.29) is 6.61 Å². The van der Waals surface area contributed by atoms with Crippen molar-refractivity contribution in [1.29, 1.82) is 0 Å². The van der Waals surface area contributed by atoms with Gasteiger partial charge in [0.1, 0.15) is 48.2 Å². The van der Waals surface area contributed by atoms with Gasteiger partial charge in [-0.05, 0) is 0 Å². The Kier molecular flexibility index (Phi) is 7.91. The fourth-order valence-corrected chi connectivity index (χ4v) is 2.21. The van der Waals surface area contributed by atoms with Gasteiger partial charge >= 0.3 is 0 Å². The maximum absolute atomic E-state index is 9.20. The Balaban J connectivity index is 0.000000224. The minimum Gasteiger partial charge on any atom is -0.394 e. The van der Waals surface area contributed by atoms with E-state index < -0.39 is 61.1 Å². The summed E-state index contributed by atoms with van der Waals surface area (Å²) in [5.74, 6) is 0. The number of aliphatic hydroxyl groups is 8. The van der Waals surface area contributed by atoms with E-state index >= 15 is 0 Å². The Morgan fingerprint density at radius 1 is 0.818 bits per heavy atom. The lowest BCUT2D eigenvalue weighted by molar-refractivity contribution is -0.252. The largest absolute Gasteiger partial charge is 0.394 e. The van der Waals surface area contributed by atoms with Gasteiger partial charge < -0.3 is 50.3 Å². The summed E-state index contributed by atoms with van der Waals surface area (Å²) in [4.78, 5) is 0. The second-order valence-electron chi connectivity index (χ2n) is 4.99. The van der Waals surface area contributed by atoms with E-state index in [1.807, 2.05) is 0 Å². The first-order valence-corrected chi connectivity index (χ1v) is 7.04. The van der Waals surface area contributed by atoms with E-state index in [9.17, 15) is 10.2 Å². The monoisotopic (exact) mass is 346 g/mol. The molecule has 2 saturated heterocycles. The van der Waals surface area contributed by atoms with Crippen molar-refractivity contribution in [2.45, 2.75) is 54.5 Å². The van der Waals surface area contributed by atoms with Crippen LogP contribution in [0, 0.1) is 0 Å². The van der Waals surface area contributed by atoms with Crippen LogP contribution in [0.2, 0.25) is 0 Å². The van der Waals surface area contributed by atoms with Gasteiger partial charge in [-0.15, -0.1) is 12.6 Å². The third-order valence-corrected chi connectivity index (χ3v) is 3.77. The zero-order valence-corrected chi connectivity index (χ0v) is 12.3. The van der Waals surface area contributed by atoms with Crippen LogP contribution in [0.5, 0.6) is 0 Å². The summed E-state index contributed by atoms with van der Waals surface area (Å²) in [7, 11) is 0. The van der Waals surface area contributed by atoms with Crippen molar-refractivity contribution in [3.05, 3.63) is 0 Å². The van der Waals surface area contributed by atoms with Crippen molar-refractivity contribution in [3.8, 4) is 0 Å². The molecule has 0 aromatic rings. The molecule has 0 aliphatic carbocycles.